The molecule has 1 saturated heterocycles. The zero-order chi connectivity index (χ0) is 21.0. The molecule has 2 aromatic rings. The van der Waals surface area contributed by atoms with Crippen molar-refractivity contribution >= 4 is 39.1 Å². The standard InChI is InChI=1S/C19H23N3O5S2/c1-14-5-3-6-15(11-14)12-21-8-4-9-22(29(21,25)26)13-17(23)20-16-7-10-28-18(16)19(24)27-2/h3,5-7,10-11H,4,8-9,12-13H2,1-2H3,(H,20,23). The van der Waals surface area contributed by atoms with E-state index in [9.17, 15) is 18.0 Å². The van der Waals surface area contributed by atoms with Gasteiger partial charge in [0.25, 0.3) is 10.2 Å². The molecule has 2 heterocycles. The van der Waals surface area contributed by atoms with Gasteiger partial charge in [-0.1, -0.05) is 29.8 Å². The minimum absolute atomic E-state index is 0.263. The summed E-state index contributed by atoms with van der Waals surface area (Å²) in [7, 11) is -2.50. The van der Waals surface area contributed by atoms with Gasteiger partial charge in [0.1, 0.15) is 4.88 Å². The Morgan fingerprint density at radius 1 is 1.21 bits per heavy atom. The first-order valence-corrected chi connectivity index (χ1v) is 11.4. The molecule has 156 valence electrons. The Bertz CT molecular complexity index is 1000. The summed E-state index contributed by atoms with van der Waals surface area (Å²) in [4.78, 5) is 24.5. The fourth-order valence-electron chi connectivity index (χ4n) is 3.16. The molecule has 1 aliphatic rings. The molecular formula is C19H23N3O5S2. The molecule has 0 radical (unpaired) electrons. The highest BCUT2D eigenvalue weighted by atomic mass is 32.2. The largest absolute Gasteiger partial charge is 0.465 e. The van der Waals surface area contributed by atoms with E-state index in [1.165, 1.54) is 15.7 Å². The van der Waals surface area contributed by atoms with Gasteiger partial charge >= 0.3 is 5.97 Å². The van der Waals surface area contributed by atoms with Crippen LogP contribution in [-0.2, 0) is 26.3 Å². The van der Waals surface area contributed by atoms with Gasteiger partial charge in [0, 0.05) is 19.6 Å². The number of thiophene rings is 1. The first-order valence-electron chi connectivity index (χ1n) is 9.07. The summed E-state index contributed by atoms with van der Waals surface area (Å²) < 4.78 is 33.2. The second kappa shape index (κ2) is 9.04. The van der Waals surface area contributed by atoms with Gasteiger partial charge in [0.15, 0.2) is 0 Å². The van der Waals surface area contributed by atoms with Crippen LogP contribution in [0.1, 0.15) is 27.2 Å². The van der Waals surface area contributed by atoms with Crippen molar-refractivity contribution in [3.05, 3.63) is 51.7 Å². The number of rotatable bonds is 6. The van der Waals surface area contributed by atoms with Crippen molar-refractivity contribution in [3.63, 3.8) is 0 Å². The van der Waals surface area contributed by atoms with Crippen LogP contribution in [0, 0.1) is 6.92 Å². The summed E-state index contributed by atoms with van der Waals surface area (Å²) in [5.41, 5.74) is 2.28. The topological polar surface area (TPSA) is 96.0 Å². The summed E-state index contributed by atoms with van der Waals surface area (Å²) in [5.74, 6) is -1.06. The van der Waals surface area contributed by atoms with Crippen molar-refractivity contribution in [1.29, 1.82) is 0 Å². The molecule has 1 N–H and O–H groups in total. The van der Waals surface area contributed by atoms with Crippen molar-refractivity contribution in [2.75, 3.05) is 32.1 Å². The number of nitrogens with zero attached hydrogens (tertiary/aromatic N) is 2. The molecular weight excluding hydrogens is 414 g/mol. The molecule has 0 aliphatic carbocycles. The van der Waals surface area contributed by atoms with Crippen LogP contribution in [0.5, 0.6) is 0 Å². The summed E-state index contributed by atoms with van der Waals surface area (Å²) in [6, 6.07) is 9.28. The third kappa shape index (κ3) is 5.02. The van der Waals surface area contributed by atoms with Crippen molar-refractivity contribution in [1.82, 2.24) is 8.61 Å². The number of anilines is 1. The Labute approximate surface area is 174 Å². The maximum absolute atomic E-state index is 13.0. The van der Waals surface area contributed by atoms with Gasteiger partial charge in [-0.15, -0.1) is 11.3 Å². The third-order valence-corrected chi connectivity index (χ3v) is 7.36. The Balaban J connectivity index is 1.68. The van der Waals surface area contributed by atoms with Crippen LogP contribution in [-0.4, -0.2) is 55.6 Å². The van der Waals surface area contributed by atoms with Gasteiger partial charge in [0.05, 0.1) is 19.3 Å². The lowest BCUT2D eigenvalue weighted by Gasteiger charge is -2.34. The predicted octanol–water partition coefficient (Wildman–Crippen LogP) is 2.23. The fraction of sp³-hybridized carbons (Fsp3) is 0.368. The highest BCUT2D eigenvalue weighted by Gasteiger charge is 2.34. The highest BCUT2D eigenvalue weighted by Crippen LogP contribution is 2.24. The monoisotopic (exact) mass is 437 g/mol. The van der Waals surface area contributed by atoms with Crippen molar-refractivity contribution < 1.29 is 22.7 Å². The number of aryl methyl sites for hydroxylation is 1. The van der Waals surface area contributed by atoms with E-state index in [1.54, 1.807) is 11.4 Å². The Morgan fingerprint density at radius 3 is 2.69 bits per heavy atom. The number of ether oxygens (including phenoxy) is 1. The quantitative estimate of drug-likeness (QED) is 0.699. The Kier molecular flexibility index (Phi) is 6.68. The molecule has 0 atom stereocenters. The number of carbonyl (C=O) groups is 2. The number of hydrogen-bond acceptors (Lipinski definition) is 6. The second-order valence-electron chi connectivity index (χ2n) is 6.72. The average molecular weight is 438 g/mol. The van der Waals surface area contributed by atoms with E-state index in [0.717, 1.165) is 22.5 Å². The van der Waals surface area contributed by atoms with Crippen molar-refractivity contribution in [2.24, 2.45) is 0 Å². The third-order valence-electron chi connectivity index (χ3n) is 4.54. The first kappa shape index (κ1) is 21.4. The fourth-order valence-corrected chi connectivity index (χ4v) is 5.57. The molecule has 0 bridgehead atoms. The zero-order valence-corrected chi connectivity index (χ0v) is 17.9. The molecule has 1 aromatic heterocycles. The zero-order valence-electron chi connectivity index (χ0n) is 16.3. The smallest absolute Gasteiger partial charge is 0.350 e. The predicted molar refractivity (Wildman–Crippen MR) is 111 cm³/mol. The van der Waals surface area contributed by atoms with Gasteiger partial charge in [-0.05, 0) is 30.4 Å². The van der Waals surface area contributed by atoms with Crippen LogP contribution in [0.25, 0.3) is 0 Å². The lowest BCUT2D eigenvalue weighted by molar-refractivity contribution is -0.116. The SMILES string of the molecule is COC(=O)c1sccc1NC(=O)CN1CCCN(Cc2cccc(C)c2)S1(=O)=O. The molecule has 0 saturated carbocycles. The van der Waals surface area contributed by atoms with Gasteiger partial charge < -0.3 is 10.1 Å². The number of carbonyl (C=O) groups excluding carboxylic acids is 2. The maximum Gasteiger partial charge on any atom is 0.350 e. The minimum Gasteiger partial charge on any atom is -0.465 e. The Hall–Kier alpha value is -2.27. The summed E-state index contributed by atoms with van der Waals surface area (Å²) in [6.45, 7) is 2.58. The van der Waals surface area contributed by atoms with E-state index in [4.69, 9.17) is 0 Å². The number of amides is 1. The molecule has 10 heteroatoms. The molecule has 8 nitrogen and oxygen atoms in total. The normalized spacial score (nSPS) is 17.0. The minimum atomic E-state index is -3.76. The summed E-state index contributed by atoms with van der Waals surface area (Å²) in [6.07, 6.45) is 0.629. The lowest BCUT2D eigenvalue weighted by atomic mass is 10.1. The number of methoxy groups -OCH3 is 1. The van der Waals surface area contributed by atoms with E-state index >= 15 is 0 Å². The number of benzene rings is 1. The molecule has 0 spiro atoms. The highest BCUT2D eigenvalue weighted by molar-refractivity contribution is 7.86. The van der Waals surface area contributed by atoms with Gasteiger partial charge in [-0.25, -0.2) is 4.79 Å². The van der Waals surface area contributed by atoms with E-state index < -0.39 is 22.1 Å². The molecule has 29 heavy (non-hydrogen) atoms. The summed E-state index contributed by atoms with van der Waals surface area (Å²) in [5, 5.41) is 4.26. The van der Waals surface area contributed by atoms with Crippen molar-refractivity contribution in [2.45, 2.75) is 19.9 Å². The second-order valence-corrected chi connectivity index (χ2v) is 9.57. The van der Waals surface area contributed by atoms with Crippen LogP contribution >= 0.6 is 11.3 Å². The van der Waals surface area contributed by atoms with E-state index in [0.29, 0.717) is 18.7 Å². The number of nitrogens with one attached hydrogen (secondary N) is 1. The van der Waals surface area contributed by atoms with Gasteiger partial charge in [-0.3, -0.25) is 4.79 Å². The molecule has 1 amide bonds. The maximum atomic E-state index is 13.0. The lowest BCUT2D eigenvalue weighted by Crippen LogP contribution is -2.51. The van der Waals surface area contributed by atoms with Crippen LogP contribution in [0.3, 0.4) is 0 Å². The van der Waals surface area contributed by atoms with Crippen LogP contribution in [0.2, 0.25) is 0 Å². The molecule has 3 rings (SSSR count). The van der Waals surface area contributed by atoms with Crippen molar-refractivity contribution in [3.8, 4) is 0 Å². The number of hydrogen-bond donors (Lipinski definition) is 1. The van der Waals surface area contributed by atoms with Crippen LogP contribution in [0.15, 0.2) is 35.7 Å². The van der Waals surface area contributed by atoms with E-state index in [1.807, 2.05) is 31.2 Å². The summed E-state index contributed by atoms with van der Waals surface area (Å²) >= 11 is 1.14. The molecule has 1 fully saturated rings. The van der Waals surface area contributed by atoms with E-state index in [2.05, 4.69) is 10.1 Å². The van der Waals surface area contributed by atoms with Crippen LogP contribution in [0.4, 0.5) is 5.69 Å². The van der Waals surface area contributed by atoms with E-state index in [-0.39, 0.29) is 24.5 Å². The van der Waals surface area contributed by atoms with Gasteiger partial charge in [-0.2, -0.15) is 17.0 Å². The molecule has 1 aliphatic heterocycles. The molecule has 0 unspecified atom stereocenters. The first-order chi connectivity index (χ1) is 13.8. The van der Waals surface area contributed by atoms with Crippen LogP contribution < -0.4 is 5.32 Å². The molecule has 1 aromatic carbocycles. The average Bonchev–Trinajstić information content (AvgIpc) is 3.12. The Morgan fingerprint density at radius 2 is 1.97 bits per heavy atom. The number of esters is 1. The van der Waals surface area contributed by atoms with Gasteiger partial charge in [0.2, 0.25) is 5.91 Å².